The third-order valence-corrected chi connectivity index (χ3v) is 4.36. The van der Waals surface area contributed by atoms with Crippen molar-refractivity contribution in [1.82, 2.24) is 5.43 Å². The normalized spacial score (nSPS) is 13.4. The quantitative estimate of drug-likeness (QED) is 0.222. The molecule has 114 valence electrons. The first kappa shape index (κ1) is 18.3. The number of amides is 2. The van der Waals surface area contributed by atoms with Crippen molar-refractivity contribution < 1.29 is 27.9 Å². The van der Waals surface area contributed by atoms with Crippen LogP contribution in [0.2, 0.25) is 0 Å². The number of nitrogens with one attached hydrogen (secondary N) is 1. The summed E-state index contributed by atoms with van der Waals surface area (Å²) in [5.74, 6) is -0.885. The van der Waals surface area contributed by atoms with Gasteiger partial charge in [0.05, 0.1) is 5.71 Å². The number of carbonyl (C=O) groups is 2. The zero-order valence-electron chi connectivity index (χ0n) is 11.5. The van der Waals surface area contributed by atoms with E-state index in [1.54, 1.807) is 0 Å². The zero-order valence-corrected chi connectivity index (χ0v) is 12.4. The molecule has 2 amide bonds. The number of nitrogens with two attached hydrogens (primary N) is 1. The Labute approximate surface area is 116 Å². The van der Waals surface area contributed by atoms with Gasteiger partial charge in [0, 0.05) is 14.2 Å². The summed E-state index contributed by atoms with van der Waals surface area (Å²) in [6, 6.07) is -0.938. The second-order valence-electron chi connectivity index (χ2n) is 3.46. The largest absolute Gasteiger partial charge is 0.460 e. The molecule has 1 unspecified atom stereocenters. The Kier molecular flexibility index (Phi) is 7.75. The maximum Gasteiger partial charge on any atom is 0.350 e. The minimum atomic E-state index is -3.84. The Hall–Kier alpha value is -1.70. The van der Waals surface area contributed by atoms with E-state index in [1.165, 1.54) is 13.0 Å². The van der Waals surface area contributed by atoms with Crippen molar-refractivity contribution in [3.8, 4) is 0 Å². The summed E-state index contributed by atoms with van der Waals surface area (Å²) in [6.07, 6.45) is 1.34. The van der Waals surface area contributed by atoms with Crippen molar-refractivity contribution in [3.05, 3.63) is 12.7 Å². The Morgan fingerprint density at radius 1 is 1.45 bits per heavy atom. The van der Waals surface area contributed by atoms with Crippen LogP contribution in [-0.4, -0.2) is 44.2 Å². The van der Waals surface area contributed by atoms with Crippen LogP contribution in [0.15, 0.2) is 17.8 Å². The lowest BCUT2D eigenvalue weighted by Crippen LogP contribution is -2.34. The molecule has 0 heterocycles. The second kappa shape index (κ2) is 8.47. The SMILES string of the molecule is C=CCOC(=O)C(/C(C)=N/NC(N)=O)P(=O)(OC)OC. The van der Waals surface area contributed by atoms with Crippen LogP contribution >= 0.6 is 7.60 Å². The van der Waals surface area contributed by atoms with Gasteiger partial charge in [0.25, 0.3) is 0 Å². The third kappa shape index (κ3) is 5.12. The van der Waals surface area contributed by atoms with E-state index in [0.29, 0.717) is 0 Å². The molecular formula is C10H18N3O6P. The summed E-state index contributed by atoms with van der Waals surface area (Å²) in [5.41, 5.74) is 5.31. The van der Waals surface area contributed by atoms with E-state index in [1.807, 2.05) is 5.43 Å². The van der Waals surface area contributed by atoms with Crippen molar-refractivity contribution in [3.63, 3.8) is 0 Å². The lowest BCUT2D eigenvalue weighted by molar-refractivity contribution is -0.140. The van der Waals surface area contributed by atoms with Crippen LogP contribution in [0.1, 0.15) is 6.92 Å². The Morgan fingerprint density at radius 2 is 2.00 bits per heavy atom. The first-order valence-electron chi connectivity index (χ1n) is 5.40. The van der Waals surface area contributed by atoms with Gasteiger partial charge in [-0.1, -0.05) is 12.7 Å². The monoisotopic (exact) mass is 307 g/mol. The summed E-state index contributed by atoms with van der Waals surface area (Å²) in [6.45, 7) is 4.65. The molecule has 0 aromatic heterocycles. The predicted molar refractivity (Wildman–Crippen MR) is 72.4 cm³/mol. The van der Waals surface area contributed by atoms with Crippen LogP contribution in [-0.2, 0) is 23.1 Å². The molecule has 0 fully saturated rings. The average molecular weight is 307 g/mol. The van der Waals surface area contributed by atoms with E-state index < -0.39 is 25.3 Å². The van der Waals surface area contributed by atoms with Crippen molar-refractivity contribution in [2.24, 2.45) is 10.8 Å². The number of hydrazone groups is 1. The Morgan fingerprint density at radius 3 is 2.40 bits per heavy atom. The molecule has 1 atom stereocenters. The van der Waals surface area contributed by atoms with E-state index >= 15 is 0 Å². The van der Waals surface area contributed by atoms with Crippen LogP contribution < -0.4 is 11.2 Å². The maximum absolute atomic E-state index is 12.3. The molecule has 0 spiro atoms. The highest BCUT2D eigenvalue weighted by molar-refractivity contribution is 7.57. The molecule has 0 aliphatic carbocycles. The van der Waals surface area contributed by atoms with Crippen molar-refractivity contribution in [1.29, 1.82) is 0 Å². The predicted octanol–water partition coefficient (Wildman–Crippen LogP) is 0.614. The fourth-order valence-electron chi connectivity index (χ4n) is 1.24. The summed E-state index contributed by atoms with van der Waals surface area (Å²) >= 11 is 0. The Bertz CT molecular complexity index is 442. The molecule has 20 heavy (non-hydrogen) atoms. The molecule has 3 N–H and O–H groups in total. The molecule has 0 aliphatic rings. The first-order valence-corrected chi connectivity index (χ1v) is 7.02. The minimum absolute atomic E-state index is 0.0371. The van der Waals surface area contributed by atoms with Crippen LogP contribution in [0, 0.1) is 0 Å². The maximum atomic E-state index is 12.3. The van der Waals surface area contributed by atoms with E-state index in [9.17, 15) is 14.2 Å². The number of carbonyl (C=O) groups excluding carboxylic acids is 2. The molecular weight excluding hydrogens is 289 g/mol. The number of hydrogen-bond acceptors (Lipinski definition) is 7. The van der Waals surface area contributed by atoms with E-state index in [2.05, 4.69) is 11.7 Å². The van der Waals surface area contributed by atoms with Gasteiger partial charge in [0.15, 0.2) is 5.66 Å². The fourth-order valence-corrected chi connectivity index (χ4v) is 2.66. The number of ether oxygens (including phenoxy) is 1. The van der Waals surface area contributed by atoms with E-state index in [-0.39, 0.29) is 12.3 Å². The highest BCUT2D eigenvalue weighted by atomic mass is 31.2. The van der Waals surface area contributed by atoms with Crippen LogP contribution in [0.25, 0.3) is 0 Å². The fraction of sp³-hybridized carbons (Fsp3) is 0.500. The van der Waals surface area contributed by atoms with Gasteiger partial charge < -0.3 is 19.5 Å². The molecule has 10 heteroatoms. The number of hydrogen-bond donors (Lipinski definition) is 2. The van der Waals surface area contributed by atoms with Crippen molar-refractivity contribution >= 4 is 25.3 Å². The van der Waals surface area contributed by atoms with Crippen molar-refractivity contribution in [2.75, 3.05) is 20.8 Å². The van der Waals surface area contributed by atoms with Gasteiger partial charge in [-0.3, -0.25) is 9.36 Å². The molecule has 0 aliphatic heterocycles. The van der Waals surface area contributed by atoms with E-state index in [4.69, 9.17) is 19.5 Å². The van der Waals surface area contributed by atoms with Gasteiger partial charge in [-0.05, 0) is 6.92 Å². The summed E-state index contributed by atoms with van der Waals surface area (Å²) < 4.78 is 26.7. The highest BCUT2D eigenvalue weighted by Gasteiger charge is 2.43. The summed E-state index contributed by atoms with van der Waals surface area (Å²) in [5, 5.41) is 3.55. The van der Waals surface area contributed by atoms with Crippen molar-refractivity contribution in [2.45, 2.75) is 12.6 Å². The highest BCUT2D eigenvalue weighted by Crippen LogP contribution is 2.52. The molecule has 0 aromatic rings. The van der Waals surface area contributed by atoms with Crippen LogP contribution in [0.5, 0.6) is 0 Å². The lowest BCUT2D eigenvalue weighted by Gasteiger charge is -2.22. The number of esters is 1. The third-order valence-electron chi connectivity index (χ3n) is 2.13. The molecule has 9 nitrogen and oxygen atoms in total. The van der Waals surface area contributed by atoms with Gasteiger partial charge in [0.2, 0.25) is 0 Å². The minimum Gasteiger partial charge on any atom is -0.460 e. The number of rotatable bonds is 8. The van der Waals surface area contributed by atoms with Crippen LogP contribution in [0.4, 0.5) is 4.79 Å². The van der Waals surface area contributed by atoms with Gasteiger partial charge in [-0.2, -0.15) is 5.10 Å². The molecule has 0 rings (SSSR count). The number of urea groups is 1. The van der Waals surface area contributed by atoms with E-state index in [0.717, 1.165) is 14.2 Å². The smallest absolute Gasteiger partial charge is 0.350 e. The molecule has 0 bridgehead atoms. The first-order chi connectivity index (χ1) is 9.32. The van der Waals surface area contributed by atoms with Gasteiger partial charge in [0.1, 0.15) is 6.61 Å². The molecule has 0 aromatic carbocycles. The summed E-state index contributed by atoms with van der Waals surface area (Å²) in [7, 11) is -1.60. The average Bonchev–Trinajstić information content (AvgIpc) is 2.42. The van der Waals surface area contributed by atoms with Crippen LogP contribution in [0.3, 0.4) is 0 Å². The number of nitrogens with zero attached hydrogens (tertiary/aromatic N) is 1. The summed E-state index contributed by atoms with van der Waals surface area (Å²) in [4.78, 5) is 22.5. The zero-order chi connectivity index (χ0) is 15.8. The lowest BCUT2D eigenvalue weighted by atomic mass is 10.3. The Balaban J connectivity index is 5.40. The molecule has 0 radical (unpaired) electrons. The topological polar surface area (TPSA) is 129 Å². The van der Waals surface area contributed by atoms with Gasteiger partial charge >= 0.3 is 19.6 Å². The second-order valence-corrected chi connectivity index (χ2v) is 5.78. The standard InChI is InChI=1S/C10H18N3O6P/c1-5-6-19-9(14)8(20(16,17-3)18-4)7(2)12-13-10(11)15/h5,8H,1,6H2,2-4H3,(H3,11,13,15)/b12-7+. The molecule has 0 saturated heterocycles. The van der Waals surface area contributed by atoms with Gasteiger partial charge in [-0.25, -0.2) is 10.2 Å². The molecule has 0 saturated carbocycles. The van der Waals surface area contributed by atoms with Gasteiger partial charge in [-0.15, -0.1) is 0 Å². The number of primary amides is 1.